The molecule has 1 unspecified atom stereocenters. The van der Waals surface area contributed by atoms with Crippen molar-refractivity contribution in [3.8, 4) is 0 Å². The van der Waals surface area contributed by atoms with Gasteiger partial charge in [-0.05, 0) is 25.0 Å². The quantitative estimate of drug-likeness (QED) is 0.831. The molecule has 0 aromatic heterocycles. The van der Waals surface area contributed by atoms with Gasteiger partial charge in [0.2, 0.25) is 0 Å². The van der Waals surface area contributed by atoms with Crippen LogP contribution >= 0.6 is 11.6 Å². The van der Waals surface area contributed by atoms with E-state index in [1.165, 1.54) is 6.07 Å². The van der Waals surface area contributed by atoms with E-state index in [0.717, 1.165) is 6.42 Å². The van der Waals surface area contributed by atoms with Crippen molar-refractivity contribution in [1.82, 2.24) is 0 Å². The first-order chi connectivity index (χ1) is 7.52. The second-order valence-electron chi connectivity index (χ2n) is 4.20. The maximum Gasteiger partial charge on any atom is 0.127 e. The smallest absolute Gasteiger partial charge is 0.127 e. The Morgan fingerprint density at radius 3 is 2.56 bits per heavy atom. The number of halogens is 2. The highest BCUT2D eigenvalue weighted by Gasteiger charge is 2.26. The second kappa shape index (κ2) is 5.65. The minimum atomic E-state index is -0.847. The van der Waals surface area contributed by atoms with Crippen molar-refractivity contribution in [2.45, 2.75) is 45.1 Å². The molecule has 1 atom stereocenters. The summed E-state index contributed by atoms with van der Waals surface area (Å²) in [7, 11) is 0. The molecule has 90 valence electrons. The number of rotatable bonds is 5. The Kier molecular flexibility index (Phi) is 4.75. The third-order valence-corrected chi connectivity index (χ3v) is 3.30. The summed E-state index contributed by atoms with van der Waals surface area (Å²) in [6, 6.07) is 4.61. The molecule has 1 nitrogen and oxygen atoms in total. The van der Waals surface area contributed by atoms with Gasteiger partial charge in [-0.1, -0.05) is 37.9 Å². The SMILES string of the molecule is CCCC(O)(CC)Cc1c(F)cccc1Cl. The van der Waals surface area contributed by atoms with Crippen molar-refractivity contribution in [1.29, 1.82) is 0 Å². The van der Waals surface area contributed by atoms with Gasteiger partial charge in [-0.3, -0.25) is 0 Å². The standard InChI is InChI=1S/C13H18ClFO/c1-3-8-13(16,4-2)9-10-11(14)6-5-7-12(10)15/h5-7,16H,3-4,8-9H2,1-2H3. The monoisotopic (exact) mass is 244 g/mol. The average Bonchev–Trinajstić information content (AvgIpc) is 2.24. The number of benzene rings is 1. The van der Waals surface area contributed by atoms with E-state index in [1.807, 2.05) is 13.8 Å². The van der Waals surface area contributed by atoms with Crippen molar-refractivity contribution >= 4 is 11.6 Å². The first-order valence-corrected chi connectivity index (χ1v) is 6.05. The molecule has 1 rings (SSSR count). The van der Waals surface area contributed by atoms with Gasteiger partial charge in [0.1, 0.15) is 5.82 Å². The van der Waals surface area contributed by atoms with E-state index in [0.29, 0.717) is 23.4 Å². The highest BCUT2D eigenvalue weighted by molar-refractivity contribution is 6.31. The lowest BCUT2D eigenvalue weighted by Crippen LogP contribution is -2.30. The Morgan fingerprint density at radius 2 is 2.06 bits per heavy atom. The van der Waals surface area contributed by atoms with Gasteiger partial charge in [0.15, 0.2) is 0 Å². The van der Waals surface area contributed by atoms with Gasteiger partial charge in [-0.25, -0.2) is 4.39 Å². The Hall–Kier alpha value is -0.600. The fourth-order valence-corrected chi connectivity index (χ4v) is 2.12. The van der Waals surface area contributed by atoms with Gasteiger partial charge in [0.05, 0.1) is 5.60 Å². The topological polar surface area (TPSA) is 20.2 Å². The molecular formula is C13H18ClFO. The molecule has 0 fully saturated rings. The summed E-state index contributed by atoms with van der Waals surface area (Å²) in [5.74, 6) is -0.338. The molecule has 1 N–H and O–H groups in total. The van der Waals surface area contributed by atoms with E-state index >= 15 is 0 Å². The third kappa shape index (κ3) is 3.19. The van der Waals surface area contributed by atoms with Crippen LogP contribution in [0.3, 0.4) is 0 Å². The van der Waals surface area contributed by atoms with Crippen LogP contribution < -0.4 is 0 Å². The maximum absolute atomic E-state index is 13.6. The van der Waals surface area contributed by atoms with Crippen molar-refractivity contribution in [2.75, 3.05) is 0 Å². The molecule has 1 aromatic carbocycles. The van der Waals surface area contributed by atoms with Crippen LogP contribution in [0.25, 0.3) is 0 Å². The highest BCUT2D eigenvalue weighted by Crippen LogP contribution is 2.28. The van der Waals surface area contributed by atoms with E-state index < -0.39 is 5.60 Å². The number of aliphatic hydroxyl groups is 1. The molecule has 0 amide bonds. The third-order valence-electron chi connectivity index (χ3n) is 2.94. The molecule has 16 heavy (non-hydrogen) atoms. The Labute approximate surface area is 101 Å². The predicted octanol–water partition coefficient (Wildman–Crippen LogP) is 3.96. The van der Waals surface area contributed by atoms with Gasteiger partial charge in [0, 0.05) is 17.0 Å². The van der Waals surface area contributed by atoms with Gasteiger partial charge in [-0.2, -0.15) is 0 Å². The maximum atomic E-state index is 13.6. The molecule has 0 saturated heterocycles. The van der Waals surface area contributed by atoms with Gasteiger partial charge >= 0.3 is 0 Å². The van der Waals surface area contributed by atoms with E-state index in [2.05, 4.69) is 0 Å². The zero-order valence-electron chi connectivity index (χ0n) is 9.76. The van der Waals surface area contributed by atoms with Crippen LogP contribution in [0.15, 0.2) is 18.2 Å². The summed E-state index contributed by atoms with van der Waals surface area (Å²) in [4.78, 5) is 0. The van der Waals surface area contributed by atoms with Gasteiger partial charge in [-0.15, -0.1) is 0 Å². The van der Waals surface area contributed by atoms with Gasteiger partial charge in [0.25, 0.3) is 0 Å². The summed E-state index contributed by atoms with van der Waals surface area (Å²) in [5, 5.41) is 10.7. The first kappa shape index (κ1) is 13.5. The Balaban J connectivity index is 2.94. The number of hydrogen-bond donors (Lipinski definition) is 1. The lowest BCUT2D eigenvalue weighted by molar-refractivity contribution is 0.0263. The predicted molar refractivity (Wildman–Crippen MR) is 65.3 cm³/mol. The van der Waals surface area contributed by atoms with Crippen LogP contribution in [0, 0.1) is 5.82 Å². The highest BCUT2D eigenvalue weighted by atomic mass is 35.5. The second-order valence-corrected chi connectivity index (χ2v) is 4.61. The summed E-state index contributed by atoms with van der Waals surface area (Å²) >= 11 is 5.94. The average molecular weight is 245 g/mol. The molecule has 0 aliphatic heterocycles. The van der Waals surface area contributed by atoms with Crippen LogP contribution in [0.5, 0.6) is 0 Å². The van der Waals surface area contributed by atoms with E-state index in [1.54, 1.807) is 12.1 Å². The lowest BCUT2D eigenvalue weighted by Gasteiger charge is -2.27. The first-order valence-electron chi connectivity index (χ1n) is 5.67. The Morgan fingerprint density at radius 1 is 1.38 bits per heavy atom. The van der Waals surface area contributed by atoms with Crippen molar-refractivity contribution in [2.24, 2.45) is 0 Å². The van der Waals surface area contributed by atoms with Gasteiger partial charge < -0.3 is 5.11 Å². The van der Waals surface area contributed by atoms with Crippen LogP contribution in [0.1, 0.15) is 38.7 Å². The zero-order valence-corrected chi connectivity index (χ0v) is 10.5. The van der Waals surface area contributed by atoms with E-state index in [4.69, 9.17) is 11.6 Å². The fourth-order valence-electron chi connectivity index (χ4n) is 1.89. The molecular weight excluding hydrogens is 227 g/mol. The molecule has 1 aromatic rings. The zero-order chi connectivity index (χ0) is 12.2. The van der Waals surface area contributed by atoms with Crippen LogP contribution in [0.2, 0.25) is 5.02 Å². The molecule has 0 heterocycles. The fraction of sp³-hybridized carbons (Fsp3) is 0.538. The lowest BCUT2D eigenvalue weighted by atomic mass is 9.87. The Bertz CT molecular complexity index is 334. The molecule has 0 aliphatic carbocycles. The molecule has 0 aliphatic rings. The molecule has 0 radical (unpaired) electrons. The molecule has 3 heteroatoms. The van der Waals surface area contributed by atoms with Crippen molar-refractivity contribution < 1.29 is 9.50 Å². The van der Waals surface area contributed by atoms with Crippen LogP contribution in [-0.2, 0) is 6.42 Å². The van der Waals surface area contributed by atoms with E-state index in [-0.39, 0.29) is 12.2 Å². The minimum Gasteiger partial charge on any atom is -0.390 e. The summed E-state index contributed by atoms with van der Waals surface area (Å²) in [5.41, 5.74) is -0.428. The van der Waals surface area contributed by atoms with Crippen molar-refractivity contribution in [3.63, 3.8) is 0 Å². The largest absolute Gasteiger partial charge is 0.390 e. The molecule has 0 bridgehead atoms. The van der Waals surface area contributed by atoms with Crippen molar-refractivity contribution in [3.05, 3.63) is 34.6 Å². The van der Waals surface area contributed by atoms with Crippen LogP contribution in [-0.4, -0.2) is 10.7 Å². The summed E-state index contributed by atoms with van der Waals surface area (Å²) in [6.07, 6.45) is 2.42. The van der Waals surface area contributed by atoms with Crippen LogP contribution in [0.4, 0.5) is 4.39 Å². The molecule has 0 spiro atoms. The normalized spacial score (nSPS) is 14.8. The number of hydrogen-bond acceptors (Lipinski definition) is 1. The minimum absolute atomic E-state index is 0.281. The van der Waals surface area contributed by atoms with E-state index in [9.17, 15) is 9.50 Å². The summed E-state index contributed by atoms with van der Waals surface area (Å²) < 4.78 is 13.6. The molecule has 0 saturated carbocycles. The summed E-state index contributed by atoms with van der Waals surface area (Å²) in [6.45, 7) is 3.91.